The van der Waals surface area contributed by atoms with E-state index in [1.165, 1.54) is 5.56 Å². The van der Waals surface area contributed by atoms with E-state index >= 15 is 0 Å². The molecule has 1 heterocycles. The van der Waals surface area contributed by atoms with Crippen LogP contribution in [0.25, 0.3) is 0 Å². The summed E-state index contributed by atoms with van der Waals surface area (Å²) in [5, 5.41) is 3.51. The Balaban J connectivity index is 1.93. The first-order valence-electron chi connectivity index (χ1n) is 6.31. The molecule has 1 aliphatic rings. The third kappa shape index (κ3) is 3.15. The molecule has 1 aliphatic heterocycles. The van der Waals surface area contributed by atoms with E-state index in [1.807, 2.05) is 12.1 Å². The molecule has 4 nitrogen and oxygen atoms in total. The van der Waals surface area contributed by atoms with Gasteiger partial charge in [-0.2, -0.15) is 0 Å². The molecule has 1 unspecified atom stereocenters. The maximum Gasteiger partial charge on any atom is 0.231 e. The summed E-state index contributed by atoms with van der Waals surface area (Å²) in [5.74, 6) is 2.21. The predicted octanol–water partition coefficient (Wildman–Crippen LogP) is 2.18. The Labute approximate surface area is 108 Å². The number of methoxy groups -OCH3 is 1. The highest BCUT2D eigenvalue weighted by Gasteiger charge is 2.15. The molecule has 0 aliphatic carbocycles. The summed E-state index contributed by atoms with van der Waals surface area (Å²) in [5.41, 5.74) is 1.20. The molecule has 0 spiro atoms. The van der Waals surface area contributed by atoms with Crippen LogP contribution in [-0.4, -0.2) is 26.6 Å². The highest BCUT2D eigenvalue weighted by Crippen LogP contribution is 2.32. The number of fused-ring (bicyclic) bond motifs is 1. The lowest BCUT2D eigenvalue weighted by Crippen LogP contribution is -2.37. The predicted molar refractivity (Wildman–Crippen MR) is 69.9 cm³/mol. The highest BCUT2D eigenvalue weighted by atomic mass is 16.7. The van der Waals surface area contributed by atoms with Gasteiger partial charge in [-0.1, -0.05) is 19.9 Å². The first kappa shape index (κ1) is 13.2. The van der Waals surface area contributed by atoms with Gasteiger partial charge in [-0.25, -0.2) is 0 Å². The average Bonchev–Trinajstić information content (AvgIpc) is 2.81. The summed E-state index contributed by atoms with van der Waals surface area (Å²) < 4.78 is 15.9. The minimum atomic E-state index is 0.324. The molecule has 0 fully saturated rings. The normalized spacial score (nSPS) is 15.1. The second-order valence-corrected chi connectivity index (χ2v) is 4.87. The van der Waals surface area contributed by atoms with Gasteiger partial charge in [-0.3, -0.25) is 0 Å². The quantitative estimate of drug-likeness (QED) is 0.841. The van der Waals surface area contributed by atoms with Crippen molar-refractivity contribution in [2.75, 3.05) is 20.5 Å². The van der Waals surface area contributed by atoms with Crippen LogP contribution in [-0.2, 0) is 11.3 Å². The third-order valence-electron chi connectivity index (χ3n) is 3.16. The molecule has 0 amide bonds. The van der Waals surface area contributed by atoms with Gasteiger partial charge in [-0.05, 0) is 23.6 Å². The van der Waals surface area contributed by atoms with Crippen LogP contribution in [0.3, 0.4) is 0 Å². The van der Waals surface area contributed by atoms with E-state index in [2.05, 4.69) is 25.2 Å². The van der Waals surface area contributed by atoms with Gasteiger partial charge >= 0.3 is 0 Å². The second kappa shape index (κ2) is 6.07. The highest BCUT2D eigenvalue weighted by molar-refractivity contribution is 5.44. The standard InChI is InChI=1S/C14H21NO3/c1-10(2)12(8-16-3)15-7-11-4-5-13-14(6-11)18-9-17-13/h4-6,10,12,15H,7-9H2,1-3H3. The van der Waals surface area contributed by atoms with Crippen LogP contribution in [0.5, 0.6) is 11.5 Å². The zero-order valence-corrected chi connectivity index (χ0v) is 11.2. The van der Waals surface area contributed by atoms with E-state index in [4.69, 9.17) is 14.2 Å². The summed E-state index contributed by atoms with van der Waals surface area (Å²) in [6.45, 7) is 6.24. The van der Waals surface area contributed by atoms with Gasteiger partial charge in [0.25, 0.3) is 0 Å². The number of benzene rings is 1. The Morgan fingerprint density at radius 2 is 2.06 bits per heavy atom. The fraction of sp³-hybridized carbons (Fsp3) is 0.571. The maximum absolute atomic E-state index is 5.37. The summed E-state index contributed by atoms with van der Waals surface area (Å²) >= 11 is 0. The fourth-order valence-electron chi connectivity index (χ4n) is 1.97. The fourth-order valence-corrected chi connectivity index (χ4v) is 1.97. The zero-order chi connectivity index (χ0) is 13.0. The first-order chi connectivity index (χ1) is 8.70. The van der Waals surface area contributed by atoms with Gasteiger partial charge in [0.05, 0.1) is 6.61 Å². The monoisotopic (exact) mass is 251 g/mol. The van der Waals surface area contributed by atoms with Crippen molar-refractivity contribution >= 4 is 0 Å². The summed E-state index contributed by atoms with van der Waals surface area (Å²) in [4.78, 5) is 0. The molecule has 0 saturated heterocycles. The van der Waals surface area contributed by atoms with E-state index in [0.29, 0.717) is 18.8 Å². The molecular formula is C14H21NO3. The molecule has 1 N–H and O–H groups in total. The molecule has 1 atom stereocenters. The van der Waals surface area contributed by atoms with Crippen LogP contribution in [0.1, 0.15) is 19.4 Å². The lowest BCUT2D eigenvalue weighted by Gasteiger charge is -2.21. The molecule has 18 heavy (non-hydrogen) atoms. The van der Waals surface area contributed by atoms with Crippen LogP contribution >= 0.6 is 0 Å². The molecule has 1 aromatic carbocycles. The van der Waals surface area contributed by atoms with Gasteiger partial charge < -0.3 is 19.5 Å². The van der Waals surface area contributed by atoms with Crippen molar-refractivity contribution in [3.05, 3.63) is 23.8 Å². The van der Waals surface area contributed by atoms with E-state index in [0.717, 1.165) is 24.7 Å². The number of hydrogen-bond acceptors (Lipinski definition) is 4. The first-order valence-corrected chi connectivity index (χ1v) is 6.31. The SMILES string of the molecule is COCC(NCc1ccc2c(c1)OCO2)C(C)C. The minimum Gasteiger partial charge on any atom is -0.454 e. The summed E-state index contributed by atoms with van der Waals surface area (Å²) in [6, 6.07) is 6.41. The van der Waals surface area contributed by atoms with Crippen LogP contribution < -0.4 is 14.8 Å². The molecule has 0 saturated carbocycles. The Hall–Kier alpha value is -1.26. The lowest BCUT2D eigenvalue weighted by atomic mass is 10.0. The molecule has 4 heteroatoms. The van der Waals surface area contributed by atoms with Crippen molar-refractivity contribution in [1.82, 2.24) is 5.32 Å². The van der Waals surface area contributed by atoms with Gasteiger partial charge in [0, 0.05) is 19.7 Å². The van der Waals surface area contributed by atoms with Crippen LogP contribution in [0, 0.1) is 5.92 Å². The molecule has 0 bridgehead atoms. The summed E-state index contributed by atoms with van der Waals surface area (Å²) in [7, 11) is 1.73. The molecule has 1 aromatic rings. The van der Waals surface area contributed by atoms with Gasteiger partial charge in [0.2, 0.25) is 6.79 Å². The smallest absolute Gasteiger partial charge is 0.231 e. The van der Waals surface area contributed by atoms with Crippen molar-refractivity contribution < 1.29 is 14.2 Å². The van der Waals surface area contributed by atoms with Crippen molar-refractivity contribution in [3.63, 3.8) is 0 Å². The van der Waals surface area contributed by atoms with Gasteiger partial charge in [0.1, 0.15) is 0 Å². The lowest BCUT2D eigenvalue weighted by molar-refractivity contribution is 0.146. The minimum absolute atomic E-state index is 0.324. The van der Waals surface area contributed by atoms with E-state index in [9.17, 15) is 0 Å². The Bertz CT molecular complexity index is 393. The van der Waals surface area contributed by atoms with Crippen LogP contribution in [0.2, 0.25) is 0 Å². The van der Waals surface area contributed by atoms with Crippen molar-refractivity contribution in [1.29, 1.82) is 0 Å². The van der Waals surface area contributed by atoms with Crippen molar-refractivity contribution in [2.45, 2.75) is 26.4 Å². The Morgan fingerprint density at radius 1 is 1.28 bits per heavy atom. The molecule has 2 rings (SSSR count). The van der Waals surface area contributed by atoms with Crippen molar-refractivity contribution in [3.8, 4) is 11.5 Å². The largest absolute Gasteiger partial charge is 0.454 e. The summed E-state index contributed by atoms with van der Waals surface area (Å²) in [6.07, 6.45) is 0. The molecule has 100 valence electrons. The number of rotatable bonds is 6. The number of nitrogens with one attached hydrogen (secondary N) is 1. The average molecular weight is 251 g/mol. The maximum atomic E-state index is 5.37. The third-order valence-corrected chi connectivity index (χ3v) is 3.16. The van der Waals surface area contributed by atoms with Crippen LogP contribution in [0.15, 0.2) is 18.2 Å². The molecule has 0 aromatic heterocycles. The topological polar surface area (TPSA) is 39.7 Å². The van der Waals surface area contributed by atoms with Gasteiger partial charge in [-0.15, -0.1) is 0 Å². The number of ether oxygens (including phenoxy) is 3. The Kier molecular flexibility index (Phi) is 4.44. The van der Waals surface area contributed by atoms with E-state index in [-0.39, 0.29) is 0 Å². The second-order valence-electron chi connectivity index (χ2n) is 4.87. The van der Waals surface area contributed by atoms with E-state index in [1.54, 1.807) is 7.11 Å². The molecular weight excluding hydrogens is 230 g/mol. The van der Waals surface area contributed by atoms with Crippen molar-refractivity contribution in [2.24, 2.45) is 5.92 Å². The van der Waals surface area contributed by atoms with E-state index < -0.39 is 0 Å². The molecule has 0 radical (unpaired) electrons. The van der Waals surface area contributed by atoms with Crippen LogP contribution in [0.4, 0.5) is 0 Å². The zero-order valence-electron chi connectivity index (χ0n) is 11.2. The van der Waals surface area contributed by atoms with Gasteiger partial charge in [0.15, 0.2) is 11.5 Å². The Morgan fingerprint density at radius 3 is 2.78 bits per heavy atom. The number of hydrogen-bond donors (Lipinski definition) is 1.